The molecule has 0 spiro atoms. The second-order valence-electron chi connectivity index (χ2n) is 6.04. The molecule has 0 saturated heterocycles. The van der Waals surface area contributed by atoms with Crippen LogP contribution in [0.4, 0.5) is 5.69 Å². The number of nitrogens with one attached hydrogen (secondary N) is 1. The molecule has 2 heterocycles. The molecule has 0 atom stereocenters. The molecule has 2 aromatic carbocycles. The molecule has 0 saturated carbocycles. The van der Waals surface area contributed by atoms with Crippen LogP contribution in [0.3, 0.4) is 0 Å². The molecule has 2 aliphatic heterocycles. The Bertz CT molecular complexity index is 990. The van der Waals surface area contributed by atoms with E-state index in [1.807, 2.05) is 23.1 Å². The van der Waals surface area contributed by atoms with Crippen molar-refractivity contribution in [1.29, 1.82) is 10.5 Å². The molecule has 25 heavy (non-hydrogen) atoms. The van der Waals surface area contributed by atoms with Gasteiger partial charge in [0.05, 0.1) is 29.0 Å². The standard InChI is InChI=1S/C20H14N4O/c21-10-13-2-4-15(5-3-13)16-8-14(11-22)9-17-19(16)24-7-1-6-23-12-18(24)20(17)25/h2-5,8-9,12,23H,1,6-7H2. The number of anilines is 1. The van der Waals surface area contributed by atoms with Crippen molar-refractivity contribution in [3.05, 3.63) is 65.0 Å². The van der Waals surface area contributed by atoms with Crippen LogP contribution in [0.15, 0.2) is 48.3 Å². The predicted molar refractivity (Wildman–Crippen MR) is 93.7 cm³/mol. The molecule has 0 aromatic heterocycles. The van der Waals surface area contributed by atoms with Crippen LogP contribution in [0.5, 0.6) is 0 Å². The van der Waals surface area contributed by atoms with Crippen LogP contribution >= 0.6 is 0 Å². The Labute approximate surface area is 145 Å². The molecule has 120 valence electrons. The minimum atomic E-state index is -0.0589. The zero-order chi connectivity index (χ0) is 17.4. The number of rotatable bonds is 1. The van der Waals surface area contributed by atoms with E-state index >= 15 is 0 Å². The summed E-state index contributed by atoms with van der Waals surface area (Å²) in [5.41, 5.74) is 4.80. The van der Waals surface area contributed by atoms with E-state index in [-0.39, 0.29) is 5.78 Å². The molecule has 0 bridgehead atoms. The number of ketones is 1. The van der Waals surface area contributed by atoms with Gasteiger partial charge >= 0.3 is 0 Å². The maximum atomic E-state index is 12.8. The lowest BCUT2D eigenvalue weighted by Gasteiger charge is -2.21. The first-order valence-electron chi connectivity index (χ1n) is 8.07. The van der Waals surface area contributed by atoms with E-state index in [9.17, 15) is 10.1 Å². The summed E-state index contributed by atoms with van der Waals surface area (Å²) in [7, 11) is 0. The van der Waals surface area contributed by atoms with Gasteiger partial charge in [-0.05, 0) is 36.2 Å². The zero-order valence-electron chi connectivity index (χ0n) is 13.4. The lowest BCUT2D eigenvalue weighted by atomic mass is 9.96. The average molecular weight is 326 g/mol. The molecule has 0 fully saturated rings. The third-order valence-electron chi connectivity index (χ3n) is 4.54. The van der Waals surface area contributed by atoms with E-state index in [4.69, 9.17) is 5.26 Å². The quantitative estimate of drug-likeness (QED) is 0.871. The Balaban J connectivity index is 1.96. The first kappa shape index (κ1) is 15.0. The number of carbonyl (C=O) groups is 1. The number of Topliss-reactive ketones (excluding diaryl/α,β-unsaturated/α-hetero) is 1. The third kappa shape index (κ3) is 2.34. The Morgan fingerprint density at radius 3 is 2.44 bits per heavy atom. The maximum Gasteiger partial charge on any atom is 0.213 e. The van der Waals surface area contributed by atoms with E-state index in [0.717, 1.165) is 36.3 Å². The highest BCUT2D eigenvalue weighted by molar-refractivity contribution is 6.21. The molecule has 0 unspecified atom stereocenters. The van der Waals surface area contributed by atoms with Crippen molar-refractivity contribution in [1.82, 2.24) is 5.32 Å². The second kappa shape index (κ2) is 5.81. The number of allylic oxidation sites excluding steroid dienone is 1. The first-order valence-corrected chi connectivity index (χ1v) is 8.07. The van der Waals surface area contributed by atoms with E-state index in [2.05, 4.69) is 17.5 Å². The number of nitrogens with zero attached hydrogens (tertiary/aromatic N) is 3. The summed E-state index contributed by atoms with van der Waals surface area (Å²) in [6.45, 7) is 1.57. The summed E-state index contributed by atoms with van der Waals surface area (Å²) >= 11 is 0. The summed E-state index contributed by atoms with van der Waals surface area (Å²) in [5, 5.41) is 21.5. The molecule has 2 aliphatic rings. The summed E-state index contributed by atoms with van der Waals surface area (Å²) in [4.78, 5) is 14.9. The molecule has 5 nitrogen and oxygen atoms in total. The summed E-state index contributed by atoms with van der Waals surface area (Å²) in [5.74, 6) is -0.0589. The van der Waals surface area contributed by atoms with Gasteiger partial charge in [0, 0.05) is 30.4 Å². The number of hydrogen-bond acceptors (Lipinski definition) is 5. The van der Waals surface area contributed by atoms with Gasteiger partial charge < -0.3 is 10.2 Å². The van der Waals surface area contributed by atoms with Gasteiger partial charge in [0.1, 0.15) is 5.70 Å². The topological polar surface area (TPSA) is 79.9 Å². The molecular formula is C20H14N4O. The highest BCUT2D eigenvalue weighted by Crippen LogP contribution is 2.43. The van der Waals surface area contributed by atoms with Gasteiger partial charge in [0.2, 0.25) is 5.78 Å². The van der Waals surface area contributed by atoms with Gasteiger partial charge in [0.15, 0.2) is 0 Å². The van der Waals surface area contributed by atoms with Crippen molar-refractivity contribution < 1.29 is 4.79 Å². The van der Waals surface area contributed by atoms with Crippen molar-refractivity contribution >= 4 is 11.5 Å². The van der Waals surface area contributed by atoms with Crippen molar-refractivity contribution in [2.75, 3.05) is 18.0 Å². The van der Waals surface area contributed by atoms with Crippen molar-refractivity contribution in [3.63, 3.8) is 0 Å². The monoisotopic (exact) mass is 326 g/mol. The van der Waals surface area contributed by atoms with Crippen LogP contribution < -0.4 is 10.2 Å². The van der Waals surface area contributed by atoms with Crippen LogP contribution in [0.2, 0.25) is 0 Å². The second-order valence-corrected chi connectivity index (χ2v) is 6.04. The molecule has 2 aromatic rings. The Hall–Kier alpha value is -3.57. The van der Waals surface area contributed by atoms with Gasteiger partial charge in [0.25, 0.3) is 0 Å². The summed E-state index contributed by atoms with van der Waals surface area (Å²) in [6, 6.07) is 14.9. The van der Waals surface area contributed by atoms with Crippen LogP contribution in [0.1, 0.15) is 27.9 Å². The first-order chi connectivity index (χ1) is 12.2. The van der Waals surface area contributed by atoms with Crippen LogP contribution in [0, 0.1) is 22.7 Å². The number of carbonyl (C=O) groups excluding carboxylic acids is 1. The fraction of sp³-hybridized carbons (Fsp3) is 0.150. The highest BCUT2D eigenvalue weighted by Gasteiger charge is 2.35. The van der Waals surface area contributed by atoms with Gasteiger partial charge in [-0.1, -0.05) is 12.1 Å². The van der Waals surface area contributed by atoms with Crippen LogP contribution in [0.25, 0.3) is 11.1 Å². The molecule has 1 N–H and O–H groups in total. The molecular weight excluding hydrogens is 312 g/mol. The van der Waals surface area contributed by atoms with Crippen molar-refractivity contribution in [3.8, 4) is 23.3 Å². The minimum absolute atomic E-state index is 0.0589. The van der Waals surface area contributed by atoms with Crippen molar-refractivity contribution in [2.24, 2.45) is 0 Å². The Morgan fingerprint density at radius 1 is 1.00 bits per heavy atom. The van der Waals surface area contributed by atoms with Crippen LogP contribution in [-0.2, 0) is 0 Å². The fourth-order valence-corrected chi connectivity index (χ4v) is 3.37. The zero-order valence-corrected chi connectivity index (χ0v) is 13.4. The molecule has 0 amide bonds. The third-order valence-corrected chi connectivity index (χ3v) is 4.54. The van der Waals surface area contributed by atoms with Gasteiger partial charge in [-0.15, -0.1) is 0 Å². The van der Waals surface area contributed by atoms with Crippen molar-refractivity contribution in [2.45, 2.75) is 6.42 Å². The normalized spacial score (nSPS) is 15.2. The predicted octanol–water partition coefficient (Wildman–Crippen LogP) is 2.93. The number of fused-ring (bicyclic) bond motifs is 3. The molecule has 0 radical (unpaired) electrons. The summed E-state index contributed by atoms with van der Waals surface area (Å²) < 4.78 is 0. The van der Waals surface area contributed by atoms with E-state index < -0.39 is 0 Å². The lowest BCUT2D eigenvalue weighted by molar-refractivity contribution is 0.103. The van der Waals surface area contributed by atoms with Gasteiger partial charge in [-0.3, -0.25) is 4.79 Å². The number of hydrogen-bond donors (Lipinski definition) is 1. The Kier molecular flexibility index (Phi) is 3.48. The smallest absolute Gasteiger partial charge is 0.213 e. The SMILES string of the molecule is N#Cc1ccc(-c2cc(C#N)cc3c2N2CCCNC=C2C3=O)cc1. The Morgan fingerprint density at radius 2 is 1.72 bits per heavy atom. The minimum Gasteiger partial charge on any atom is -0.389 e. The maximum absolute atomic E-state index is 12.8. The van der Waals surface area contributed by atoms with Gasteiger partial charge in [-0.2, -0.15) is 10.5 Å². The average Bonchev–Trinajstić information content (AvgIpc) is 2.83. The molecule has 0 aliphatic carbocycles. The van der Waals surface area contributed by atoms with Gasteiger partial charge in [-0.25, -0.2) is 0 Å². The lowest BCUT2D eigenvalue weighted by Crippen LogP contribution is -2.21. The number of nitriles is 2. The molecule has 4 rings (SSSR count). The highest BCUT2D eigenvalue weighted by atomic mass is 16.1. The van der Waals surface area contributed by atoms with E-state index in [1.54, 1.807) is 24.4 Å². The van der Waals surface area contributed by atoms with Crippen LogP contribution in [-0.4, -0.2) is 18.9 Å². The number of benzene rings is 2. The van der Waals surface area contributed by atoms with E-state index in [1.165, 1.54) is 0 Å². The van der Waals surface area contributed by atoms with E-state index in [0.29, 0.717) is 22.4 Å². The largest absolute Gasteiger partial charge is 0.389 e. The fourth-order valence-electron chi connectivity index (χ4n) is 3.37. The molecule has 5 heteroatoms. The summed E-state index contributed by atoms with van der Waals surface area (Å²) in [6.07, 6.45) is 2.68.